The first-order chi connectivity index (χ1) is 16.2. The minimum absolute atomic E-state index is 0.0607. The molecular formula is C30H48O5. The molecule has 198 valence electrons. The average Bonchev–Trinajstić information content (AvgIpc) is 3.18. The Morgan fingerprint density at radius 3 is 2.29 bits per heavy atom. The number of aliphatic hydroxyl groups excluding tert-OH is 3. The Kier molecular flexibility index (Phi) is 5.21. The molecule has 2 aliphatic heterocycles. The highest BCUT2D eigenvalue weighted by molar-refractivity contribution is 5.40. The Bertz CT molecular complexity index is 939. The van der Waals surface area contributed by atoms with Gasteiger partial charge in [-0.25, -0.2) is 0 Å². The van der Waals surface area contributed by atoms with E-state index < -0.39 is 18.3 Å². The maximum Gasteiger partial charge on any atom is 0.162 e. The maximum atomic E-state index is 12.0. The van der Waals surface area contributed by atoms with Crippen LogP contribution < -0.4 is 0 Å². The van der Waals surface area contributed by atoms with Gasteiger partial charge in [0.15, 0.2) is 6.29 Å². The summed E-state index contributed by atoms with van der Waals surface area (Å²) in [7, 11) is 0. The zero-order chi connectivity index (χ0) is 25.3. The SMILES string of the molecule is CC1(C)O[C@@H]2O[C@H]1CC[C@@H]2[C@H]1CC[C@@]2(C)C3=C(C[C@H](O)[C@]12C)[C@@]1(C)C[C@@H](O)[C@H](O)C(C)(C)[C@H]1CC3. The third-order valence-corrected chi connectivity index (χ3v) is 13.0. The van der Waals surface area contributed by atoms with Gasteiger partial charge in [0.25, 0.3) is 0 Å². The van der Waals surface area contributed by atoms with Gasteiger partial charge in [0.1, 0.15) is 0 Å². The van der Waals surface area contributed by atoms with Crippen LogP contribution in [0.4, 0.5) is 0 Å². The molecular weight excluding hydrogens is 440 g/mol. The van der Waals surface area contributed by atoms with Gasteiger partial charge in [-0.15, -0.1) is 0 Å². The maximum absolute atomic E-state index is 12.0. The first-order valence-corrected chi connectivity index (χ1v) is 14.3. The van der Waals surface area contributed by atoms with E-state index in [2.05, 4.69) is 48.5 Å². The van der Waals surface area contributed by atoms with Crippen LogP contribution in [-0.4, -0.2) is 51.6 Å². The van der Waals surface area contributed by atoms with Gasteiger partial charge in [-0.1, -0.05) is 45.8 Å². The smallest absolute Gasteiger partial charge is 0.162 e. The van der Waals surface area contributed by atoms with Crippen LogP contribution in [0, 0.1) is 39.4 Å². The molecule has 4 aliphatic carbocycles. The molecule has 2 bridgehead atoms. The highest BCUT2D eigenvalue weighted by Gasteiger charge is 2.68. The summed E-state index contributed by atoms with van der Waals surface area (Å²) in [5.74, 6) is 1.01. The standard InChI is InChI=1S/C30H48O5/c1-26(2)21-10-9-18-19(28(21,5)15-20(31)24(26)33)14-22(32)30(7)17(12-13-29(18,30)6)16-8-11-23-27(3,4)35-25(16)34-23/h16-17,20-25,31-33H,8-15H2,1-7H3/t16-,17-,20-,21-,22+,23+,24+,25+,28-,29+,30+/m1/s1. The van der Waals surface area contributed by atoms with Crippen molar-refractivity contribution in [3.8, 4) is 0 Å². The molecule has 11 atom stereocenters. The van der Waals surface area contributed by atoms with Gasteiger partial charge < -0.3 is 24.8 Å². The third-order valence-electron chi connectivity index (χ3n) is 13.0. The summed E-state index contributed by atoms with van der Waals surface area (Å²) in [6.45, 7) is 15.7. The Morgan fingerprint density at radius 2 is 1.57 bits per heavy atom. The number of allylic oxidation sites excluding steroid dienone is 1. The molecule has 2 saturated carbocycles. The second-order valence-electron chi connectivity index (χ2n) is 14.9. The van der Waals surface area contributed by atoms with Crippen molar-refractivity contribution in [1.29, 1.82) is 0 Å². The zero-order valence-corrected chi connectivity index (χ0v) is 22.9. The van der Waals surface area contributed by atoms with Gasteiger partial charge in [0.2, 0.25) is 0 Å². The topological polar surface area (TPSA) is 79.2 Å². The number of hydrogen-bond donors (Lipinski definition) is 3. The predicted octanol–water partition coefficient (Wildman–Crippen LogP) is 4.97. The third kappa shape index (κ3) is 2.94. The van der Waals surface area contributed by atoms with Crippen LogP contribution in [0.25, 0.3) is 0 Å². The zero-order valence-electron chi connectivity index (χ0n) is 22.9. The fraction of sp³-hybridized carbons (Fsp3) is 0.933. The van der Waals surface area contributed by atoms with E-state index in [9.17, 15) is 15.3 Å². The van der Waals surface area contributed by atoms with Crippen molar-refractivity contribution in [2.45, 2.75) is 136 Å². The number of aliphatic hydroxyl groups is 3. The quantitative estimate of drug-likeness (QED) is 0.454. The van der Waals surface area contributed by atoms with Crippen LogP contribution in [0.2, 0.25) is 0 Å². The summed E-state index contributed by atoms with van der Waals surface area (Å²) < 4.78 is 12.9. The highest BCUT2D eigenvalue weighted by atomic mass is 16.7. The summed E-state index contributed by atoms with van der Waals surface area (Å²) in [6.07, 6.45) is 5.92. The van der Waals surface area contributed by atoms with Crippen molar-refractivity contribution < 1.29 is 24.8 Å². The molecule has 2 heterocycles. The molecule has 0 unspecified atom stereocenters. The predicted molar refractivity (Wildman–Crippen MR) is 134 cm³/mol. The van der Waals surface area contributed by atoms with Crippen molar-refractivity contribution in [2.24, 2.45) is 39.4 Å². The van der Waals surface area contributed by atoms with Crippen molar-refractivity contribution in [3.63, 3.8) is 0 Å². The van der Waals surface area contributed by atoms with E-state index in [1.54, 1.807) is 5.57 Å². The van der Waals surface area contributed by atoms with Gasteiger partial charge in [-0.05, 0) is 93.3 Å². The minimum Gasteiger partial charge on any atom is -0.392 e. The Morgan fingerprint density at radius 1 is 0.857 bits per heavy atom. The van der Waals surface area contributed by atoms with Crippen molar-refractivity contribution in [3.05, 3.63) is 11.1 Å². The summed E-state index contributed by atoms with van der Waals surface area (Å²) >= 11 is 0. The molecule has 0 radical (unpaired) electrons. The van der Waals surface area contributed by atoms with E-state index in [-0.39, 0.29) is 39.7 Å². The van der Waals surface area contributed by atoms with Crippen LogP contribution in [0.5, 0.6) is 0 Å². The fourth-order valence-corrected chi connectivity index (χ4v) is 10.8. The molecule has 6 rings (SSSR count). The van der Waals surface area contributed by atoms with Crippen LogP contribution >= 0.6 is 0 Å². The molecule has 0 aromatic heterocycles. The summed E-state index contributed by atoms with van der Waals surface area (Å²) in [6, 6.07) is 0. The van der Waals surface area contributed by atoms with Crippen LogP contribution in [0.3, 0.4) is 0 Å². The molecule has 35 heavy (non-hydrogen) atoms. The van der Waals surface area contributed by atoms with Gasteiger partial charge >= 0.3 is 0 Å². The van der Waals surface area contributed by atoms with E-state index in [1.165, 1.54) is 5.57 Å². The molecule has 3 N–H and O–H groups in total. The minimum atomic E-state index is -0.720. The first kappa shape index (κ1) is 24.9. The second kappa shape index (κ2) is 7.34. The lowest BCUT2D eigenvalue weighted by atomic mass is 9.42. The largest absolute Gasteiger partial charge is 0.392 e. The second-order valence-corrected chi connectivity index (χ2v) is 14.9. The van der Waals surface area contributed by atoms with E-state index in [0.717, 1.165) is 38.5 Å². The molecule has 4 fully saturated rings. The molecule has 0 aromatic carbocycles. The summed E-state index contributed by atoms with van der Waals surface area (Å²) in [5, 5.41) is 33.8. The van der Waals surface area contributed by atoms with Gasteiger partial charge in [0.05, 0.1) is 30.0 Å². The Hall–Kier alpha value is -0.460. The Balaban J connectivity index is 1.39. The average molecular weight is 489 g/mol. The monoisotopic (exact) mass is 488 g/mol. The van der Waals surface area contributed by atoms with Crippen molar-refractivity contribution in [1.82, 2.24) is 0 Å². The molecule has 0 amide bonds. The lowest BCUT2D eigenvalue weighted by Crippen LogP contribution is -2.61. The van der Waals surface area contributed by atoms with E-state index in [1.807, 2.05) is 0 Å². The lowest BCUT2D eigenvalue weighted by Gasteiger charge is -2.64. The van der Waals surface area contributed by atoms with Crippen LogP contribution in [0.15, 0.2) is 11.1 Å². The normalized spacial score (nSPS) is 56.4. The number of rotatable bonds is 1. The van der Waals surface area contributed by atoms with E-state index in [0.29, 0.717) is 30.6 Å². The number of fused-ring (bicyclic) bond motifs is 6. The molecule has 5 heteroatoms. The molecule has 6 aliphatic rings. The van der Waals surface area contributed by atoms with Crippen molar-refractivity contribution in [2.75, 3.05) is 0 Å². The van der Waals surface area contributed by atoms with Gasteiger partial charge in [0, 0.05) is 11.3 Å². The molecule has 0 spiro atoms. The Labute approximate surface area is 211 Å². The highest BCUT2D eigenvalue weighted by Crippen LogP contribution is 2.73. The lowest BCUT2D eigenvalue weighted by molar-refractivity contribution is -0.180. The summed E-state index contributed by atoms with van der Waals surface area (Å²) in [4.78, 5) is 0. The molecule has 0 aromatic rings. The number of ether oxygens (including phenoxy) is 2. The van der Waals surface area contributed by atoms with Gasteiger partial charge in [-0.3, -0.25) is 0 Å². The van der Waals surface area contributed by atoms with Crippen molar-refractivity contribution >= 4 is 0 Å². The molecule has 2 saturated heterocycles. The fourth-order valence-electron chi connectivity index (χ4n) is 10.8. The first-order valence-electron chi connectivity index (χ1n) is 14.3. The van der Waals surface area contributed by atoms with Crippen LogP contribution in [0.1, 0.15) is 99.8 Å². The van der Waals surface area contributed by atoms with Crippen LogP contribution in [-0.2, 0) is 9.47 Å². The summed E-state index contributed by atoms with van der Waals surface area (Å²) in [5.41, 5.74) is 1.93. The van der Waals surface area contributed by atoms with Gasteiger partial charge in [-0.2, -0.15) is 0 Å². The van der Waals surface area contributed by atoms with E-state index in [4.69, 9.17) is 9.47 Å². The van der Waals surface area contributed by atoms with E-state index >= 15 is 0 Å². The molecule has 5 nitrogen and oxygen atoms in total. The number of hydrogen-bond acceptors (Lipinski definition) is 5.